The van der Waals surface area contributed by atoms with Crippen LogP contribution in [-0.4, -0.2) is 36.5 Å². The number of benzene rings is 1. The van der Waals surface area contributed by atoms with Crippen LogP contribution in [0.1, 0.15) is 46.3 Å². The van der Waals surface area contributed by atoms with Crippen molar-refractivity contribution in [3.05, 3.63) is 75.9 Å². The number of fused-ring (bicyclic) bond motifs is 1. The molecule has 1 saturated heterocycles. The zero-order chi connectivity index (χ0) is 21.9. The standard InChI is InChI=1S/C26H31N3O2S/c1-19-14-21-7-2-3-9-24(21)29(19)18-25-23(10-12-31-25)26(30)27-15-20-6-4-11-28(16-20)17-22-8-5-13-32-22/h2-3,5,7-10,12-13,19-20H,4,6,11,14-18H2,1H3,(H,27,30). The zero-order valence-corrected chi connectivity index (χ0v) is 19.4. The Labute approximate surface area is 194 Å². The monoisotopic (exact) mass is 449 g/mol. The van der Waals surface area contributed by atoms with Gasteiger partial charge in [0.1, 0.15) is 5.76 Å². The first-order valence-electron chi connectivity index (χ1n) is 11.6. The smallest absolute Gasteiger partial charge is 0.254 e. The molecule has 2 aromatic heterocycles. The normalized spacial score (nSPS) is 21.0. The molecule has 1 aromatic carbocycles. The Hall–Kier alpha value is -2.57. The fraction of sp³-hybridized carbons (Fsp3) is 0.423. The SMILES string of the molecule is CC1Cc2ccccc2N1Cc1occc1C(=O)NCC1CCCN(Cc2cccs2)C1. The van der Waals surface area contributed by atoms with Gasteiger partial charge in [-0.1, -0.05) is 24.3 Å². The number of amides is 1. The number of anilines is 1. The largest absolute Gasteiger partial charge is 0.467 e. The van der Waals surface area contributed by atoms with Gasteiger partial charge in [0.25, 0.3) is 5.91 Å². The lowest BCUT2D eigenvalue weighted by Crippen LogP contribution is -2.40. The molecule has 1 fully saturated rings. The van der Waals surface area contributed by atoms with E-state index >= 15 is 0 Å². The third-order valence-corrected chi connectivity index (χ3v) is 7.63. The summed E-state index contributed by atoms with van der Waals surface area (Å²) in [4.78, 5) is 19.3. The topological polar surface area (TPSA) is 48.7 Å². The lowest BCUT2D eigenvalue weighted by molar-refractivity contribution is 0.0929. The third kappa shape index (κ3) is 4.62. The van der Waals surface area contributed by atoms with Crippen LogP contribution in [0, 0.1) is 5.92 Å². The lowest BCUT2D eigenvalue weighted by atomic mass is 9.98. The number of carbonyl (C=O) groups is 1. The van der Waals surface area contributed by atoms with Crippen molar-refractivity contribution in [3.8, 4) is 0 Å². The van der Waals surface area contributed by atoms with E-state index in [9.17, 15) is 4.79 Å². The van der Waals surface area contributed by atoms with Crippen LogP contribution >= 0.6 is 11.3 Å². The summed E-state index contributed by atoms with van der Waals surface area (Å²) >= 11 is 1.82. The maximum absolute atomic E-state index is 13.0. The van der Waals surface area contributed by atoms with E-state index in [2.05, 4.69) is 63.8 Å². The van der Waals surface area contributed by atoms with E-state index in [1.165, 1.54) is 29.0 Å². The van der Waals surface area contributed by atoms with Crippen molar-refractivity contribution < 1.29 is 9.21 Å². The molecule has 0 radical (unpaired) electrons. The molecule has 0 bridgehead atoms. The van der Waals surface area contributed by atoms with Crippen LogP contribution in [0.4, 0.5) is 5.69 Å². The number of carbonyl (C=O) groups excluding carboxylic acids is 1. The number of hydrogen-bond acceptors (Lipinski definition) is 5. The van der Waals surface area contributed by atoms with Gasteiger partial charge in [-0.05, 0) is 67.8 Å². The maximum Gasteiger partial charge on any atom is 0.254 e. The minimum atomic E-state index is -0.0238. The summed E-state index contributed by atoms with van der Waals surface area (Å²) in [6, 6.07) is 15.0. The molecule has 5 nitrogen and oxygen atoms in total. The highest BCUT2D eigenvalue weighted by Gasteiger charge is 2.28. The summed E-state index contributed by atoms with van der Waals surface area (Å²) in [7, 11) is 0. The predicted octanol–water partition coefficient (Wildman–Crippen LogP) is 4.93. The molecule has 0 spiro atoms. The highest BCUT2D eigenvalue weighted by atomic mass is 32.1. The molecule has 32 heavy (non-hydrogen) atoms. The van der Waals surface area contributed by atoms with Crippen molar-refractivity contribution in [3.63, 3.8) is 0 Å². The quantitative estimate of drug-likeness (QED) is 0.555. The van der Waals surface area contributed by atoms with Crippen LogP contribution in [-0.2, 0) is 19.5 Å². The van der Waals surface area contributed by atoms with E-state index in [0.717, 1.165) is 31.8 Å². The summed E-state index contributed by atoms with van der Waals surface area (Å²) in [6.07, 6.45) is 5.03. The Bertz CT molecular complexity index is 1050. The molecule has 168 valence electrons. The van der Waals surface area contributed by atoms with Gasteiger partial charge in [-0.2, -0.15) is 0 Å². The first-order valence-corrected chi connectivity index (χ1v) is 12.5. The third-order valence-electron chi connectivity index (χ3n) is 6.77. The number of piperidine rings is 1. The number of para-hydroxylation sites is 1. The molecule has 1 amide bonds. The molecular weight excluding hydrogens is 418 g/mol. The number of nitrogens with one attached hydrogen (secondary N) is 1. The number of likely N-dealkylation sites (tertiary alicyclic amines) is 1. The molecule has 0 aliphatic carbocycles. The molecule has 1 N–H and O–H groups in total. The van der Waals surface area contributed by atoms with Gasteiger partial charge in [0.15, 0.2) is 0 Å². The van der Waals surface area contributed by atoms with Crippen molar-refractivity contribution >= 4 is 22.9 Å². The van der Waals surface area contributed by atoms with E-state index in [-0.39, 0.29) is 5.91 Å². The number of hydrogen-bond donors (Lipinski definition) is 1. The summed E-state index contributed by atoms with van der Waals surface area (Å²) < 4.78 is 5.77. The van der Waals surface area contributed by atoms with Crippen LogP contribution in [0.2, 0.25) is 0 Å². The minimum absolute atomic E-state index is 0.0238. The molecule has 2 aliphatic heterocycles. The second-order valence-corrected chi connectivity index (χ2v) is 10.1. The van der Waals surface area contributed by atoms with Crippen molar-refractivity contribution in [1.29, 1.82) is 0 Å². The Morgan fingerprint density at radius 2 is 2.09 bits per heavy atom. The van der Waals surface area contributed by atoms with Gasteiger partial charge in [0, 0.05) is 36.2 Å². The number of thiophene rings is 1. The van der Waals surface area contributed by atoms with Gasteiger partial charge in [-0.25, -0.2) is 0 Å². The van der Waals surface area contributed by atoms with Gasteiger partial charge in [0.05, 0.1) is 18.4 Å². The van der Waals surface area contributed by atoms with Gasteiger partial charge < -0.3 is 14.6 Å². The van der Waals surface area contributed by atoms with E-state index in [4.69, 9.17) is 4.42 Å². The molecule has 4 heterocycles. The summed E-state index contributed by atoms with van der Waals surface area (Å²) in [6.45, 7) is 6.76. The number of furan rings is 1. The molecule has 3 aromatic rings. The molecule has 2 aliphatic rings. The summed E-state index contributed by atoms with van der Waals surface area (Å²) in [5, 5.41) is 5.33. The second kappa shape index (κ2) is 9.51. The highest BCUT2D eigenvalue weighted by Crippen LogP contribution is 2.33. The molecule has 2 atom stereocenters. The van der Waals surface area contributed by atoms with Crippen molar-refractivity contribution in [2.24, 2.45) is 5.92 Å². The van der Waals surface area contributed by atoms with Gasteiger partial charge in [-0.15, -0.1) is 11.3 Å². The van der Waals surface area contributed by atoms with Gasteiger partial charge in [-0.3, -0.25) is 9.69 Å². The van der Waals surface area contributed by atoms with Crippen LogP contribution < -0.4 is 10.2 Å². The second-order valence-electron chi connectivity index (χ2n) is 9.10. The van der Waals surface area contributed by atoms with Crippen molar-refractivity contribution in [2.75, 3.05) is 24.5 Å². The first-order chi connectivity index (χ1) is 15.7. The highest BCUT2D eigenvalue weighted by molar-refractivity contribution is 7.09. The van der Waals surface area contributed by atoms with E-state index in [1.54, 1.807) is 12.3 Å². The average Bonchev–Trinajstić information content (AvgIpc) is 3.54. The van der Waals surface area contributed by atoms with E-state index in [1.807, 2.05) is 11.3 Å². The summed E-state index contributed by atoms with van der Waals surface area (Å²) in [5.41, 5.74) is 3.27. The van der Waals surface area contributed by atoms with E-state index in [0.29, 0.717) is 30.6 Å². The predicted molar refractivity (Wildman–Crippen MR) is 129 cm³/mol. The van der Waals surface area contributed by atoms with Crippen molar-refractivity contribution in [2.45, 2.75) is 45.3 Å². The lowest BCUT2D eigenvalue weighted by Gasteiger charge is -2.32. The first kappa shape index (κ1) is 21.3. The molecule has 0 saturated carbocycles. The molecular formula is C26H31N3O2S. The van der Waals surface area contributed by atoms with Crippen LogP contribution in [0.5, 0.6) is 0 Å². The zero-order valence-electron chi connectivity index (χ0n) is 18.6. The van der Waals surface area contributed by atoms with Crippen LogP contribution in [0.3, 0.4) is 0 Å². The van der Waals surface area contributed by atoms with Crippen LogP contribution in [0.15, 0.2) is 58.5 Å². The van der Waals surface area contributed by atoms with Crippen molar-refractivity contribution in [1.82, 2.24) is 10.2 Å². The Morgan fingerprint density at radius 3 is 2.97 bits per heavy atom. The fourth-order valence-electron chi connectivity index (χ4n) is 5.11. The Morgan fingerprint density at radius 1 is 1.19 bits per heavy atom. The van der Waals surface area contributed by atoms with Crippen LogP contribution in [0.25, 0.3) is 0 Å². The number of nitrogens with zero attached hydrogens (tertiary/aromatic N) is 2. The molecule has 6 heteroatoms. The Balaban J connectivity index is 1.18. The molecule has 5 rings (SSSR count). The fourth-order valence-corrected chi connectivity index (χ4v) is 5.85. The minimum Gasteiger partial charge on any atom is -0.467 e. The molecule has 2 unspecified atom stereocenters. The average molecular weight is 450 g/mol. The van der Waals surface area contributed by atoms with Gasteiger partial charge in [0.2, 0.25) is 0 Å². The maximum atomic E-state index is 13.0. The van der Waals surface area contributed by atoms with E-state index < -0.39 is 0 Å². The Kier molecular flexibility index (Phi) is 6.32. The summed E-state index contributed by atoms with van der Waals surface area (Å²) in [5.74, 6) is 1.21. The number of rotatable bonds is 7. The van der Waals surface area contributed by atoms with Gasteiger partial charge >= 0.3 is 0 Å².